The van der Waals surface area contributed by atoms with E-state index in [1.165, 1.54) is 37.9 Å². The van der Waals surface area contributed by atoms with Gasteiger partial charge in [0.15, 0.2) is 0 Å². The number of rotatable bonds is 2. The normalized spacial score (nSPS) is 22.8. The van der Waals surface area contributed by atoms with Crippen molar-refractivity contribution in [1.82, 2.24) is 4.90 Å². The maximum Gasteiger partial charge on any atom is 0.118 e. The minimum absolute atomic E-state index is 0.732. The van der Waals surface area contributed by atoms with Crippen LogP contribution in [-0.2, 0) is 0 Å². The molecule has 2 heteroatoms. The fourth-order valence-corrected chi connectivity index (χ4v) is 2.45. The van der Waals surface area contributed by atoms with Gasteiger partial charge in [0.2, 0.25) is 0 Å². The van der Waals surface area contributed by atoms with Crippen LogP contribution in [0.15, 0.2) is 24.3 Å². The van der Waals surface area contributed by atoms with Crippen molar-refractivity contribution in [3.8, 4) is 5.75 Å². The fourth-order valence-electron chi connectivity index (χ4n) is 2.45. The highest BCUT2D eigenvalue weighted by molar-refractivity contribution is 5.29. The minimum Gasteiger partial charge on any atom is -0.497 e. The molecule has 1 unspecified atom stereocenters. The van der Waals surface area contributed by atoms with Crippen LogP contribution in [-0.4, -0.2) is 32.1 Å². The second kappa shape index (κ2) is 5.35. The quantitative estimate of drug-likeness (QED) is 0.758. The molecule has 2 nitrogen and oxygen atoms in total. The Bertz CT molecular complexity index is 320. The molecule has 2 rings (SSSR count). The molecule has 16 heavy (non-hydrogen) atoms. The molecule has 1 aromatic carbocycles. The molecular weight excluding hydrogens is 198 g/mol. The van der Waals surface area contributed by atoms with Gasteiger partial charge in [0.1, 0.15) is 5.75 Å². The molecule has 0 spiro atoms. The van der Waals surface area contributed by atoms with Gasteiger partial charge in [-0.1, -0.05) is 12.1 Å². The molecule has 1 fully saturated rings. The summed E-state index contributed by atoms with van der Waals surface area (Å²) in [5, 5.41) is 0. The number of ether oxygens (including phenoxy) is 1. The number of methoxy groups -OCH3 is 1. The standard InChI is InChI=1S/C14H21NO/c1-15-10-3-4-12(9-11-15)13-5-7-14(16-2)8-6-13/h5-8,12H,3-4,9-11H2,1-2H3. The van der Waals surface area contributed by atoms with Gasteiger partial charge in [0.05, 0.1) is 7.11 Å². The largest absolute Gasteiger partial charge is 0.497 e. The molecule has 0 radical (unpaired) electrons. The van der Waals surface area contributed by atoms with Crippen LogP contribution >= 0.6 is 0 Å². The zero-order valence-electron chi connectivity index (χ0n) is 10.3. The van der Waals surface area contributed by atoms with Gasteiger partial charge < -0.3 is 9.64 Å². The molecule has 1 saturated heterocycles. The first-order valence-corrected chi connectivity index (χ1v) is 6.12. The third kappa shape index (κ3) is 2.76. The third-order valence-corrected chi connectivity index (χ3v) is 3.54. The SMILES string of the molecule is COc1ccc(C2CCCN(C)CC2)cc1. The minimum atomic E-state index is 0.732. The van der Waals surface area contributed by atoms with Crippen molar-refractivity contribution < 1.29 is 4.74 Å². The predicted molar refractivity (Wildman–Crippen MR) is 67.1 cm³/mol. The van der Waals surface area contributed by atoms with Crippen molar-refractivity contribution >= 4 is 0 Å². The Morgan fingerprint density at radius 1 is 1.12 bits per heavy atom. The first-order chi connectivity index (χ1) is 7.79. The summed E-state index contributed by atoms with van der Waals surface area (Å²) in [5.74, 6) is 1.69. The summed E-state index contributed by atoms with van der Waals surface area (Å²) >= 11 is 0. The summed E-state index contributed by atoms with van der Waals surface area (Å²) in [5.41, 5.74) is 1.47. The number of benzene rings is 1. The van der Waals surface area contributed by atoms with Gasteiger partial charge in [-0.25, -0.2) is 0 Å². The van der Waals surface area contributed by atoms with E-state index in [9.17, 15) is 0 Å². The van der Waals surface area contributed by atoms with Crippen molar-refractivity contribution in [3.05, 3.63) is 29.8 Å². The predicted octanol–water partition coefficient (Wildman–Crippen LogP) is 2.89. The zero-order chi connectivity index (χ0) is 11.4. The highest BCUT2D eigenvalue weighted by Gasteiger charge is 2.16. The lowest BCUT2D eigenvalue weighted by Gasteiger charge is -2.15. The summed E-state index contributed by atoms with van der Waals surface area (Å²) < 4.78 is 5.19. The molecule has 0 N–H and O–H groups in total. The van der Waals surface area contributed by atoms with Gasteiger partial charge in [-0.15, -0.1) is 0 Å². The Morgan fingerprint density at radius 2 is 1.88 bits per heavy atom. The molecule has 0 aromatic heterocycles. The van der Waals surface area contributed by atoms with E-state index < -0.39 is 0 Å². The van der Waals surface area contributed by atoms with Gasteiger partial charge in [-0.2, -0.15) is 0 Å². The molecule has 0 saturated carbocycles. The topological polar surface area (TPSA) is 12.5 Å². The molecule has 0 aliphatic carbocycles. The molecule has 1 heterocycles. The Morgan fingerprint density at radius 3 is 2.56 bits per heavy atom. The van der Waals surface area contributed by atoms with Gasteiger partial charge >= 0.3 is 0 Å². The van der Waals surface area contributed by atoms with E-state index in [1.54, 1.807) is 7.11 Å². The molecular formula is C14H21NO. The average Bonchev–Trinajstić information content (AvgIpc) is 2.54. The lowest BCUT2D eigenvalue weighted by Crippen LogP contribution is -2.18. The van der Waals surface area contributed by atoms with Crippen molar-refractivity contribution in [1.29, 1.82) is 0 Å². The van der Waals surface area contributed by atoms with Crippen LogP contribution in [0.1, 0.15) is 30.7 Å². The summed E-state index contributed by atoms with van der Waals surface area (Å²) in [6, 6.07) is 8.58. The van der Waals surface area contributed by atoms with E-state index in [4.69, 9.17) is 4.74 Å². The molecule has 1 aliphatic rings. The van der Waals surface area contributed by atoms with Gasteiger partial charge in [0, 0.05) is 0 Å². The van der Waals surface area contributed by atoms with E-state index in [2.05, 4.69) is 36.2 Å². The van der Waals surface area contributed by atoms with E-state index in [0.29, 0.717) is 0 Å². The summed E-state index contributed by atoms with van der Waals surface area (Å²) in [4.78, 5) is 2.43. The van der Waals surface area contributed by atoms with E-state index >= 15 is 0 Å². The van der Waals surface area contributed by atoms with Crippen molar-refractivity contribution in [2.75, 3.05) is 27.2 Å². The summed E-state index contributed by atoms with van der Waals surface area (Å²) in [6.07, 6.45) is 3.91. The Labute approximate surface area is 98.2 Å². The van der Waals surface area contributed by atoms with Crippen LogP contribution in [0, 0.1) is 0 Å². The first-order valence-electron chi connectivity index (χ1n) is 6.12. The van der Waals surface area contributed by atoms with Gasteiger partial charge in [-0.3, -0.25) is 0 Å². The van der Waals surface area contributed by atoms with Gasteiger partial charge in [-0.05, 0) is 63.0 Å². The lowest BCUT2D eigenvalue weighted by atomic mass is 9.92. The highest BCUT2D eigenvalue weighted by Crippen LogP contribution is 2.28. The molecule has 0 amide bonds. The average molecular weight is 219 g/mol. The Kier molecular flexibility index (Phi) is 3.83. The molecule has 0 bridgehead atoms. The lowest BCUT2D eigenvalue weighted by molar-refractivity contribution is 0.347. The van der Waals surface area contributed by atoms with E-state index in [0.717, 1.165) is 11.7 Å². The summed E-state index contributed by atoms with van der Waals surface area (Å²) in [6.45, 7) is 2.46. The number of likely N-dealkylation sites (tertiary alicyclic amines) is 1. The zero-order valence-corrected chi connectivity index (χ0v) is 10.3. The molecule has 1 aromatic rings. The van der Waals surface area contributed by atoms with Crippen LogP contribution in [0.5, 0.6) is 5.75 Å². The van der Waals surface area contributed by atoms with E-state index in [1.807, 2.05) is 0 Å². The smallest absolute Gasteiger partial charge is 0.118 e. The van der Waals surface area contributed by atoms with Crippen molar-refractivity contribution in [3.63, 3.8) is 0 Å². The third-order valence-electron chi connectivity index (χ3n) is 3.54. The Hall–Kier alpha value is -1.02. The van der Waals surface area contributed by atoms with Gasteiger partial charge in [0.25, 0.3) is 0 Å². The second-order valence-electron chi connectivity index (χ2n) is 4.70. The van der Waals surface area contributed by atoms with Crippen molar-refractivity contribution in [2.45, 2.75) is 25.2 Å². The highest BCUT2D eigenvalue weighted by atomic mass is 16.5. The molecule has 88 valence electrons. The van der Waals surface area contributed by atoms with Crippen LogP contribution in [0.4, 0.5) is 0 Å². The summed E-state index contributed by atoms with van der Waals surface area (Å²) in [7, 11) is 3.94. The first kappa shape index (κ1) is 11.5. The maximum atomic E-state index is 5.19. The van der Waals surface area contributed by atoms with Crippen molar-refractivity contribution in [2.24, 2.45) is 0 Å². The molecule has 1 aliphatic heterocycles. The molecule has 1 atom stereocenters. The second-order valence-corrected chi connectivity index (χ2v) is 4.70. The number of hydrogen-bond acceptors (Lipinski definition) is 2. The van der Waals surface area contributed by atoms with Crippen LogP contribution in [0.25, 0.3) is 0 Å². The van der Waals surface area contributed by atoms with Crippen LogP contribution < -0.4 is 4.74 Å². The Balaban J connectivity index is 2.04. The van der Waals surface area contributed by atoms with E-state index in [-0.39, 0.29) is 0 Å². The fraction of sp³-hybridized carbons (Fsp3) is 0.571. The van der Waals surface area contributed by atoms with Crippen LogP contribution in [0.3, 0.4) is 0 Å². The monoisotopic (exact) mass is 219 g/mol. The number of hydrogen-bond donors (Lipinski definition) is 0. The maximum absolute atomic E-state index is 5.19. The number of nitrogens with zero attached hydrogens (tertiary/aromatic N) is 1. The van der Waals surface area contributed by atoms with Crippen LogP contribution in [0.2, 0.25) is 0 Å².